The minimum absolute atomic E-state index is 0.00172. The number of pyridine rings is 1. The molecule has 3 aromatic heterocycles. The molecule has 0 bridgehead atoms. The summed E-state index contributed by atoms with van der Waals surface area (Å²) in [6, 6.07) is 2.78. The van der Waals surface area contributed by atoms with Gasteiger partial charge in [0.1, 0.15) is 24.3 Å². The minimum Gasteiger partial charge on any atom is -0.444 e. The van der Waals surface area contributed by atoms with Crippen LogP contribution in [-0.2, 0) is 11.8 Å². The van der Waals surface area contributed by atoms with Gasteiger partial charge < -0.3 is 20.2 Å². The summed E-state index contributed by atoms with van der Waals surface area (Å²) in [5, 5.41) is 18.7. The smallest absolute Gasteiger partial charge is 0.405 e. The molecule has 0 spiro atoms. The number of β-amino-alcohol motifs (C(OH)–C–C–N with tert-alkyl or cyclic N) is 1. The van der Waals surface area contributed by atoms with Crippen molar-refractivity contribution in [2.45, 2.75) is 18.7 Å². The monoisotopic (exact) mass is 465 g/mol. The predicted molar refractivity (Wildman–Crippen MR) is 108 cm³/mol. The molecule has 0 radical (unpaired) electrons. The van der Waals surface area contributed by atoms with Crippen molar-refractivity contribution in [1.29, 1.82) is 0 Å². The van der Waals surface area contributed by atoms with Crippen LogP contribution in [0.15, 0.2) is 35.2 Å². The van der Waals surface area contributed by atoms with Gasteiger partial charge >= 0.3 is 6.18 Å². The highest BCUT2D eigenvalue weighted by Crippen LogP contribution is 2.29. The van der Waals surface area contributed by atoms with Gasteiger partial charge in [-0.3, -0.25) is 19.2 Å². The first-order valence-corrected chi connectivity index (χ1v) is 9.65. The molecule has 1 saturated heterocycles. The number of aliphatic hydroxyl groups is 1. The van der Waals surface area contributed by atoms with Crippen LogP contribution in [0.3, 0.4) is 0 Å². The van der Waals surface area contributed by atoms with Crippen molar-refractivity contribution in [3.63, 3.8) is 0 Å². The summed E-state index contributed by atoms with van der Waals surface area (Å²) in [7, 11) is 1.61. The van der Waals surface area contributed by atoms with E-state index in [2.05, 4.69) is 25.7 Å². The lowest BCUT2D eigenvalue weighted by Gasteiger charge is -2.14. The number of carbonyl (C=O) groups excluding carboxylic acids is 2. The SMILES string of the molecule is Cn1cc(NC(=O)c2coc(-c3ccnc(NCC(F)(F)F)c3)n2)c(N2C[C@@H](O)CC2=O)n1. The standard InChI is InChI=1S/C19H18F3N7O4/c1-28-7-12(16(27-28)29-6-11(30)5-15(29)31)25-17(32)13-8-33-18(26-13)10-2-3-23-14(4-10)24-9-19(20,21)22/h2-4,7-8,11,30H,5-6,9H2,1H3,(H,23,24)(H,25,32)/t11-/m0/s1. The molecule has 0 unspecified atom stereocenters. The first-order valence-electron chi connectivity index (χ1n) is 9.65. The number of aryl methyl sites for hydroxylation is 1. The topological polar surface area (TPSA) is 138 Å². The lowest BCUT2D eigenvalue weighted by atomic mass is 10.2. The Bertz CT molecular complexity index is 1190. The number of aromatic nitrogens is 4. The minimum atomic E-state index is -4.41. The Morgan fingerprint density at radius 1 is 1.39 bits per heavy atom. The molecular weight excluding hydrogens is 447 g/mol. The number of nitrogens with one attached hydrogen (secondary N) is 2. The third-order valence-corrected chi connectivity index (χ3v) is 4.63. The molecule has 3 aromatic rings. The summed E-state index contributed by atoms with van der Waals surface area (Å²) in [5.41, 5.74) is 0.443. The number of oxazole rings is 1. The van der Waals surface area contributed by atoms with Crippen LogP contribution in [0.1, 0.15) is 16.9 Å². The Morgan fingerprint density at radius 2 is 2.18 bits per heavy atom. The predicted octanol–water partition coefficient (Wildman–Crippen LogP) is 1.79. The van der Waals surface area contributed by atoms with Gasteiger partial charge in [-0.15, -0.1) is 0 Å². The van der Waals surface area contributed by atoms with Gasteiger partial charge in [-0.05, 0) is 12.1 Å². The van der Waals surface area contributed by atoms with E-state index in [1.54, 1.807) is 7.05 Å². The third-order valence-electron chi connectivity index (χ3n) is 4.63. The average molecular weight is 465 g/mol. The summed E-state index contributed by atoms with van der Waals surface area (Å²) in [5.74, 6) is -0.831. The van der Waals surface area contributed by atoms with E-state index in [4.69, 9.17) is 4.42 Å². The van der Waals surface area contributed by atoms with Crippen LogP contribution in [-0.4, -0.2) is 62.0 Å². The summed E-state index contributed by atoms with van der Waals surface area (Å²) in [6.45, 7) is -1.20. The number of hydrogen-bond donors (Lipinski definition) is 3. The van der Waals surface area contributed by atoms with E-state index in [-0.39, 0.29) is 47.8 Å². The van der Waals surface area contributed by atoms with Crippen LogP contribution in [0.4, 0.5) is 30.5 Å². The van der Waals surface area contributed by atoms with E-state index in [1.807, 2.05) is 0 Å². The first-order chi connectivity index (χ1) is 15.6. The van der Waals surface area contributed by atoms with Gasteiger partial charge in [0.15, 0.2) is 11.5 Å². The number of anilines is 3. The normalized spacial score (nSPS) is 16.3. The Hall–Kier alpha value is -3.94. The molecule has 3 N–H and O–H groups in total. The number of carbonyl (C=O) groups is 2. The molecule has 1 fully saturated rings. The summed E-state index contributed by atoms with van der Waals surface area (Å²) in [4.78, 5) is 34.0. The van der Waals surface area contributed by atoms with E-state index < -0.39 is 24.7 Å². The fourth-order valence-electron chi connectivity index (χ4n) is 3.21. The number of amides is 2. The summed E-state index contributed by atoms with van der Waals surface area (Å²) in [6.07, 6.45) is -1.40. The fourth-order valence-corrected chi connectivity index (χ4v) is 3.21. The number of aliphatic hydroxyl groups excluding tert-OH is 1. The third kappa shape index (κ3) is 5.11. The lowest BCUT2D eigenvalue weighted by Crippen LogP contribution is -2.27. The number of rotatable bonds is 6. The van der Waals surface area contributed by atoms with Crippen LogP contribution in [0.5, 0.6) is 0 Å². The molecule has 1 aliphatic heterocycles. The zero-order valence-corrected chi connectivity index (χ0v) is 17.1. The number of nitrogens with zero attached hydrogens (tertiary/aromatic N) is 5. The molecule has 1 atom stereocenters. The van der Waals surface area contributed by atoms with Crippen LogP contribution >= 0.6 is 0 Å². The van der Waals surface area contributed by atoms with Crippen LogP contribution < -0.4 is 15.5 Å². The second-order valence-electron chi connectivity index (χ2n) is 7.29. The number of halogens is 3. The zero-order valence-electron chi connectivity index (χ0n) is 17.1. The van der Waals surface area contributed by atoms with E-state index in [0.717, 1.165) is 6.26 Å². The molecule has 2 amide bonds. The molecule has 14 heteroatoms. The molecule has 174 valence electrons. The van der Waals surface area contributed by atoms with Gasteiger partial charge in [-0.2, -0.15) is 18.3 Å². The van der Waals surface area contributed by atoms with Gasteiger partial charge in [0, 0.05) is 18.8 Å². The van der Waals surface area contributed by atoms with Crippen molar-refractivity contribution in [1.82, 2.24) is 19.7 Å². The fraction of sp³-hybridized carbons (Fsp3) is 0.316. The molecule has 0 saturated carbocycles. The van der Waals surface area contributed by atoms with Crippen molar-refractivity contribution >= 4 is 29.1 Å². The van der Waals surface area contributed by atoms with E-state index in [0.29, 0.717) is 5.56 Å². The van der Waals surface area contributed by atoms with Crippen LogP contribution in [0.25, 0.3) is 11.5 Å². The second kappa shape index (κ2) is 8.54. The van der Waals surface area contributed by atoms with Gasteiger partial charge in [-0.25, -0.2) is 9.97 Å². The molecule has 4 rings (SSSR count). The summed E-state index contributed by atoms with van der Waals surface area (Å²) >= 11 is 0. The molecular formula is C19H18F3N7O4. The van der Waals surface area contributed by atoms with E-state index in [1.165, 1.54) is 34.1 Å². The maximum atomic E-state index is 12.7. The zero-order chi connectivity index (χ0) is 23.8. The lowest BCUT2D eigenvalue weighted by molar-refractivity contribution is -0.117. The van der Waals surface area contributed by atoms with Crippen molar-refractivity contribution < 1.29 is 32.3 Å². The van der Waals surface area contributed by atoms with Crippen LogP contribution in [0, 0.1) is 0 Å². The molecule has 0 aliphatic carbocycles. The van der Waals surface area contributed by atoms with Gasteiger partial charge in [0.2, 0.25) is 11.8 Å². The molecule has 4 heterocycles. The molecule has 1 aliphatic rings. The molecule has 11 nitrogen and oxygen atoms in total. The Morgan fingerprint density at radius 3 is 2.88 bits per heavy atom. The van der Waals surface area contributed by atoms with Gasteiger partial charge in [-0.1, -0.05) is 0 Å². The van der Waals surface area contributed by atoms with E-state index >= 15 is 0 Å². The largest absolute Gasteiger partial charge is 0.444 e. The van der Waals surface area contributed by atoms with Gasteiger partial charge in [0.05, 0.1) is 25.3 Å². The Labute approximate surface area is 184 Å². The van der Waals surface area contributed by atoms with E-state index in [9.17, 15) is 27.9 Å². The quantitative estimate of drug-likeness (QED) is 0.501. The highest BCUT2D eigenvalue weighted by molar-refractivity contribution is 6.06. The Kier molecular flexibility index (Phi) is 5.76. The highest BCUT2D eigenvalue weighted by Gasteiger charge is 2.33. The maximum Gasteiger partial charge on any atom is 0.405 e. The average Bonchev–Trinajstić information content (AvgIpc) is 3.45. The van der Waals surface area contributed by atoms with Crippen molar-refractivity contribution in [2.75, 3.05) is 28.6 Å². The number of hydrogen-bond acceptors (Lipinski definition) is 8. The highest BCUT2D eigenvalue weighted by atomic mass is 19.4. The van der Waals surface area contributed by atoms with Crippen molar-refractivity contribution in [2.24, 2.45) is 7.05 Å². The van der Waals surface area contributed by atoms with Crippen LogP contribution in [0.2, 0.25) is 0 Å². The van der Waals surface area contributed by atoms with Crippen molar-refractivity contribution in [3.8, 4) is 11.5 Å². The number of alkyl halides is 3. The summed E-state index contributed by atoms with van der Waals surface area (Å²) < 4.78 is 43.9. The molecule has 33 heavy (non-hydrogen) atoms. The second-order valence-corrected chi connectivity index (χ2v) is 7.29. The molecule has 0 aromatic carbocycles. The first kappa shape index (κ1) is 22.3. The Balaban J connectivity index is 1.49. The maximum absolute atomic E-state index is 12.7. The van der Waals surface area contributed by atoms with Gasteiger partial charge in [0.25, 0.3) is 5.91 Å². The van der Waals surface area contributed by atoms with Crippen molar-refractivity contribution in [3.05, 3.63) is 36.5 Å².